The Labute approximate surface area is 204 Å². The van der Waals surface area contributed by atoms with Gasteiger partial charge in [-0.05, 0) is 42.2 Å². The Bertz CT molecular complexity index is 1350. The standard InChI is InChI=1S/C26H27N3O3S2/c1-2-21-12-8-14-23-25(21)28-26(33-23)29(18-22-13-6-7-16-27-22)24(30)15-9-17-34(31,32)19-20-10-4-3-5-11-20/h3-8,10-14,16H,2,9,15,17-19H2,1H3. The Morgan fingerprint density at radius 3 is 2.53 bits per heavy atom. The van der Waals surface area contributed by atoms with Crippen LogP contribution in [0, 0.1) is 0 Å². The van der Waals surface area contributed by atoms with Crippen LogP contribution < -0.4 is 4.90 Å². The number of amides is 1. The van der Waals surface area contributed by atoms with Gasteiger partial charge >= 0.3 is 0 Å². The molecule has 6 nitrogen and oxygen atoms in total. The van der Waals surface area contributed by atoms with Gasteiger partial charge in [0.05, 0.1) is 34.0 Å². The van der Waals surface area contributed by atoms with E-state index in [1.807, 2.05) is 54.6 Å². The fourth-order valence-corrected chi connectivity index (χ4v) is 6.25. The Hall–Kier alpha value is -3.10. The van der Waals surface area contributed by atoms with Crippen molar-refractivity contribution in [3.05, 3.63) is 89.7 Å². The molecule has 2 aromatic carbocycles. The summed E-state index contributed by atoms with van der Waals surface area (Å²) in [6.45, 7) is 2.37. The van der Waals surface area contributed by atoms with Gasteiger partial charge in [0.1, 0.15) is 0 Å². The highest BCUT2D eigenvalue weighted by molar-refractivity contribution is 7.90. The minimum Gasteiger partial charge on any atom is -0.282 e. The van der Waals surface area contributed by atoms with E-state index in [1.165, 1.54) is 11.3 Å². The number of hydrogen-bond acceptors (Lipinski definition) is 6. The maximum atomic E-state index is 13.3. The van der Waals surface area contributed by atoms with Crippen LogP contribution in [0.1, 0.15) is 36.6 Å². The lowest BCUT2D eigenvalue weighted by molar-refractivity contribution is -0.118. The molecule has 0 unspecified atom stereocenters. The molecule has 0 bridgehead atoms. The monoisotopic (exact) mass is 493 g/mol. The predicted octanol–water partition coefficient (Wildman–Crippen LogP) is 5.18. The van der Waals surface area contributed by atoms with E-state index in [4.69, 9.17) is 4.98 Å². The summed E-state index contributed by atoms with van der Waals surface area (Å²) in [7, 11) is -3.31. The third-order valence-corrected chi connectivity index (χ3v) is 8.25. The second-order valence-electron chi connectivity index (χ2n) is 8.10. The van der Waals surface area contributed by atoms with Gasteiger partial charge in [0.15, 0.2) is 15.0 Å². The van der Waals surface area contributed by atoms with Gasteiger partial charge in [0.2, 0.25) is 5.91 Å². The summed E-state index contributed by atoms with van der Waals surface area (Å²) in [4.78, 5) is 24.1. The Kier molecular flexibility index (Phi) is 7.70. The van der Waals surface area contributed by atoms with E-state index >= 15 is 0 Å². The third-order valence-electron chi connectivity index (χ3n) is 5.53. The molecule has 34 heavy (non-hydrogen) atoms. The number of benzene rings is 2. The van der Waals surface area contributed by atoms with Crippen molar-refractivity contribution in [3.8, 4) is 0 Å². The van der Waals surface area contributed by atoms with Gasteiger partial charge < -0.3 is 0 Å². The van der Waals surface area contributed by atoms with Crippen molar-refractivity contribution >= 4 is 42.4 Å². The smallest absolute Gasteiger partial charge is 0.229 e. The Morgan fingerprint density at radius 1 is 1.00 bits per heavy atom. The van der Waals surface area contributed by atoms with E-state index in [0.717, 1.165) is 33.5 Å². The normalized spacial score (nSPS) is 11.6. The summed E-state index contributed by atoms with van der Waals surface area (Å²) < 4.78 is 26.1. The van der Waals surface area contributed by atoms with E-state index in [2.05, 4.69) is 11.9 Å². The van der Waals surface area contributed by atoms with Gasteiger partial charge in [-0.25, -0.2) is 13.4 Å². The third kappa shape index (κ3) is 6.07. The summed E-state index contributed by atoms with van der Waals surface area (Å²) >= 11 is 1.47. The van der Waals surface area contributed by atoms with Crippen molar-refractivity contribution in [2.45, 2.75) is 38.5 Å². The maximum Gasteiger partial charge on any atom is 0.229 e. The van der Waals surface area contributed by atoms with Gasteiger partial charge in [-0.1, -0.05) is 66.8 Å². The number of fused-ring (bicyclic) bond motifs is 1. The highest BCUT2D eigenvalue weighted by Gasteiger charge is 2.22. The van der Waals surface area contributed by atoms with E-state index in [-0.39, 0.29) is 36.8 Å². The zero-order valence-electron chi connectivity index (χ0n) is 19.1. The molecule has 0 fully saturated rings. The minimum absolute atomic E-state index is 0.0165. The molecule has 2 aromatic heterocycles. The van der Waals surface area contributed by atoms with Crippen LogP contribution in [0.25, 0.3) is 10.2 Å². The SMILES string of the molecule is CCc1cccc2sc(N(Cc3ccccn3)C(=O)CCCS(=O)(=O)Cc3ccccc3)nc12. The largest absolute Gasteiger partial charge is 0.282 e. The fraction of sp³-hybridized carbons (Fsp3) is 0.269. The van der Waals surface area contributed by atoms with Crippen LogP contribution in [0.2, 0.25) is 0 Å². The topological polar surface area (TPSA) is 80.2 Å². The van der Waals surface area contributed by atoms with Gasteiger partial charge in [-0.2, -0.15) is 0 Å². The number of carbonyl (C=O) groups is 1. The second-order valence-corrected chi connectivity index (χ2v) is 11.3. The zero-order valence-corrected chi connectivity index (χ0v) is 20.7. The van der Waals surface area contributed by atoms with Gasteiger partial charge in [0.25, 0.3) is 0 Å². The lowest BCUT2D eigenvalue weighted by Crippen LogP contribution is -2.31. The van der Waals surface area contributed by atoms with E-state index in [0.29, 0.717) is 5.13 Å². The van der Waals surface area contributed by atoms with Crippen molar-refractivity contribution in [1.82, 2.24) is 9.97 Å². The number of thiazole rings is 1. The second kappa shape index (κ2) is 10.9. The van der Waals surface area contributed by atoms with Crippen molar-refractivity contribution in [1.29, 1.82) is 0 Å². The number of aryl methyl sites for hydroxylation is 1. The molecule has 0 N–H and O–H groups in total. The first kappa shape index (κ1) is 24.0. The number of rotatable bonds is 10. The van der Waals surface area contributed by atoms with Crippen LogP contribution in [-0.2, 0) is 33.4 Å². The molecule has 1 amide bonds. The molecular formula is C26H27N3O3S2. The average Bonchev–Trinajstić information content (AvgIpc) is 3.27. The molecular weight excluding hydrogens is 466 g/mol. The molecule has 0 spiro atoms. The van der Waals surface area contributed by atoms with Crippen molar-refractivity contribution < 1.29 is 13.2 Å². The molecule has 2 heterocycles. The summed E-state index contributed by atoms with van der Waals surface area (Å²) in [6.07, 6.45) is 2.94. The number of nitrogens with zero attached hydrogens (tertiary/aromatic N) is 3. The van der Waals surface area contributed by atoms with Crippen molar-refractivity contribution in [2.75, 3.05) is 10.7 Å². The molecule has 176 valence electrons. The first-order valence-electron chi connectivity index (χ1n) is 11.3. The summed E-state index contributed by atoms with van der Waals surface area (Å²) in [5.74, 6) is -0.208. The van der Waals surface area contributed by atoms with Crippen LogP contribution in [-0.4, -0.2) is 30.0 Å². The fourth-order valence-electron chi connectivity index (χ4n) is 3.79. The number of pyridine rings is 1. The van der Waals surface area contributed by atoms with Crippen LogP contribution in [0.5, 0.6) is 0 Å². The van der Waals surface area contributed by atoms with Crippen LogP contribution in [0.4, 0.5) is 5.13 Å². The Balaban J connectivity index is 1.50. The van der Waals surface area contributed by atoms with E-state index in [9.17, 15) is 13.2 Å². The molecule has 0 saturated heterocycles. The molecule has 0 aliphatic heterocycles. The summed E-state index contributed by atoms with van der Waals surface area (Å²) in [6, 6.07) is 20.8. The number of para-hydroxylation sites is 1. The molecule has 0 radical (unpaired) electrons. The molecule has 0 saturated carbocycles. The Morgan fingerprint density at radius 2 is 1.79 bits per heavy atom. The molecule has 8 heteroatoms. The van der Waals surface area contributed by atoms with Crippen molar-refractivity contribution in [2.24, 2.45) is 0 Å². The summed E-state index contributed by atoms with van der Waals surface area (Å²) in [5, 5.41) is 0.610. The van der Waals surface area contributed by atoms with Gasteiger partial charge in [-0.15, -0.1) is 0 Å². The minimum atomic E-state index is -3.31. The van der Waals surface area contributed by atoms with Gasteiger partial charge in [0, 0.05) is 12.6 Å². The quantitative estimate of drug-likeness (QED) is 0.304. The number of anilines is 1. The first-order chi connectivity index (χ1) is 16.4. The molecule has 4 rings (SSSR count). The van der Waals surface area contributed by atoms with Crippen LogP contribution >= 0.6 is 11.3 Å². The van der Waals surface area contributed by atoms with E-state index < -0.39 is 9.84 Å². The first-order valence-corrected chi connectivity index (χ1v) is 13.9. The van der Waals surface area contributed by atoms with Crippen molar-refractivity contribution in [3.63, 3.8) is 0 Å². The van der Waals surface area contributed by atoms with Crippen LogP contribution in [0.15, 0.2) is 72.9 Å². The average molecular weight is 494 g/mol. The highest BCUT2D eigenvalue weighted by atomic mass is 32.2. The van der Waals surface area contributed by atoms with E-state index in [1.54, 1.807) is 23.2 Å². The lowest BCUT2D eigenvalue weighted by Gasteiger charge is -2.19. The number of hydrogen-bond donors (Lipinski definition) is 0. The number of sulfone groups is 1. The number of carbonyl (C=O) groups excluding carboxylic acids is 1. The highest BCUT2D eigenvalue weighted by Crippen LogP contribution is 2.32. The molecule has 0 aliphatic carbocycles. The van der Waals surface area contributed by atoms with Crippen LogP contribution in [0.3, 0.4) is 0 Å². The molecule has 4 aromatic rings. The predicted molar refractivity (Wildman–Crippen MR) is 138 cm³/mol. The maximum absolute atomic E-state index is 13.3. The molecule has 0 aliphatic rings. The lowest BCUT2D eigenvalue weighted by atomic mass is 10.1. The summed E-state index contributed by atoms with van der Waals surface area (Å²) in [5.41, 5.74) is 3.56. The zero-order chi connectivity index (χ0) is 24.0. The molecule has 0 atom stereocenters. The van der Waals surface area contributed by atoms with Gasteiger partial charge in [-0.3, -0.25) is 14.7 Å². The number of aromatic nitrogens is 2.